The van der Waals surface area contributed by atoms with E-state index in [1.807, 2.05) is 29.5 Å². The molecule has 25 rings (SSSR count). The van der Waals surface area contributed by atoms with Crippen molar-refractivity contribution in [2.45, 2.75) is 26.2 Å². The number of hydrogen-bond donors (Lipinski definition) is 0. The molecule has 0 fully saturated rings. The molecular weight excluding hydrogens is 1520 g/mol. The molecule has 0 N–H and O–H groups in total. The van der Waals surface area contributed by atoms with Gasteiger partial charge in [-0.2, -0.15) is 0 Å². The smallest absolute Gasteiger partial charge is 0.160 e. The molecule has 0 saturated carbocycles. The first-order chi connectivity index (χ1) is 61.1. The molecule has 1 aliphatic carbocycles. The lowest BCUT2D eigenvalue weighted by Gasteiger charge is -2.22. The molecule has 0 unspecified atom stereocenters. The van der Waals surface area contributed by atoms with E-state index in [1.165, 1.54) is 164 Å². The van der Waals surface area contributed by atoms with Crippen LogP contribution in [0.25, 0.3) is 225 Å². The number of aryl methyl sites for hydroxylation is 1. The van der Waals surface area contributed by atoms with Gasteiger partial charge in [-0.15, -0.1) is 11.3 Å². The highest BCUT2D eigenvalue weighted by molar-refractivity contribution is 7.25. The minimum Gasteiger partial charge on any atom is -0.309 e. The Kier molecular flexibility index (Phi) is 16.9. The van der Waals surface area contributed by atoms with Crippen LogP contribution in [0.4, 0.5) is 0 Å². The van der Waals surface area contributed by atoms with Crippen LogP contribution in [0.1, 0.15) is 30.5 Å². The Bertz CT molecular complexity index is 8420. The molecule has 6 aromatic heterocycles. The van der Waals surface area contributed by atoms with Gasteiger partial charge < -0.3 is 13.7 Å². The molecule has 124 heavy (non-hydrogen) atoms. The van der Waals surface area contributed by atoms with E-state index in [1.54, 1.807) is 0 Å². The predicted molar refractivity (Wildman–Crippen MR) is 521 cm³/mol. The van der Waals surface area contributed by atoms with Gasteiger partial charge in [0.15, 0.2) is 11.6 Å². The maximum absolute atomic E-state index is 5.32. The van der Waals surface area contributed by atoms with Gasteiger partial charge in [0.25, 0.3) is 0 Å². The van der Waals surface area contributed by atoms with Gasteiger partial charge in [0.1, 0.15) is 0 Å². The van der Waals surface area contributed by atoms with Crippen molar-refractivity contribution in [1.29, 1.82) is 0 Å². The summed E-state index contributed by atoms with van der Waals surface area (Å²) in [5, 5.41) is 12.2. The van der Waals surface area contributed by atoms with Crippen molar-refractivity contribution in [3.63, 3.8) is 0 Å². The molecule has 6 heterocycles. The molecule has 8 heteroatoms. The van der Waals surface area contributed by atoms with Crippen LogP contribution in [0.2, 0.25) is 0 Å². The largest absolute Gasteiger partial charge is 0.309 e. The summed E-state index contributed by atoms with van der Waals surface area (Å²) in [6.45, 7) is 6.79. The molecule has 0 atom stereocenters. The summed E-state index contributed by atoms with van der Waals surface area (Å²) in [6, 6.07) is 149. The number of para-hydroxylation sites is 5. The van der Waals surface area contributed by atoms with E-state index in [4.69, 9.17) is 19.9 Å². The van der Waals surface area contributed by atoms with E-state index < -0.39 is 0 Å². The molecular formula is C116H77N7S. The fraction of sp³-hybridized carbons (Fsp3) is 0.0345. The standard InChI is InChI=1S/C59H39N3S.C57H38N4/c1-59(2)50-15-7-3-11-43(50)44-30-25-41(35-51(44)59)57-47-14-4-8-16-52(47)60-58(61-57)38-23-28-42(29-24-38)62-53-17-9-5-12-45(53)48-33-39(26-31-54(48)62)36-19-21-37(22-20-36)40-27-32-56-49(34-40)46-13-6-10-18-55(46)63-56;1-37-19-29-44(30-20-37)60-52-17-9-6-13-46(52)49-35-42(27-33-54(49)60)38-21-23-39(24-22-38)43-28-34-55-50(36-43)47-14-7-10-18-53(47)61(55)45-31-25-41(26-32-45)57-58-51-16-8-5-15-48(51)56(59-57)40-11-3-2-4-12-40/h3-35H,1-2H3;2-36H,1H3. The summed E-state index contributed by atoms with van der Waals surface area (Å²) in [5.74, 6) is 1.44. The lowest BCUT2D eigenvalue weighted by Crippen LogP contribution is -2.14. The zero-order valence-corrected chi connectivity index (χ0v) is 69.1. The molecule has 7 nitrogen and oxygen atoms in total. The van der Waals surface area contributed by atoms with Crippen molar-refractivity contribution in [3.05, 3.63) is 429 Å². The first-order valence-electron chi connectivity index (χ1n) is 42.5. The Hall–Kier alpha value is -15.7. The van der Waals surface area contributed by atoms with Crippen molar-refractivity contribution >= 4 is 119 Å². The first-order valence-corrected chi connectivity index (χ1v) is 43.3. The first kappa shape index (κ1) is 72.3. The van der Waals surface area contributed by atoms with Crippen LogP contribution in [-0.2, 0) is 5.41 Å². The number of thiophene rings is 1. The van der Waals surface area contributed by atoms with Gasteiger partial charge >= 0.3 is 0 Å². The summed E-state index contributed by atoms with van der Waals surface area (Å²) in [5.41, 5.74) is 34.6. The van der Waals surface area contributed by atoms with Crippen LogP contribution >= 0.6 is 11.3 Å². The highest BCUT2D eigenvalue weighted by Crippen LogP contribution is 2.51. The number of benzene rings is 18. The lowest BCUT2D eigenvalue weighted by molar-refractivity contribution is 0.660. The van der Waals surface area contributed by atoms with Crippen LogP contribution in [0.15, 0.2) is 413 Å². The molecule has 1 aliphatic rings. The molecule has 0 saturated heterocycles. The molecule has 582 valence electrons. The third kappa shape index (κ3) is 12.1. The quantitative estimate of drug-likeness (QED) is 0.129. The molecule has 0 radical (unpaired) electrons. The van der Waals surface area contributed by atoms with Gasteiger partial charge in [-0.3, -0.25) is 0 Å². The monoisotopic (exact) mass is 1600 g/mol. The fourth-order valence-electron chi connectivity index (χ4n) is 19.4. The van der Waals surface area contributed by atoms with E-state index in [0.29, 0.717) is 5.82 Å². The Morgan fingerprint density at radius 1 is 0.218 bits per heavy atom. The molecule has 0 aliphatic heterocycles. The number of rotatable bonds is 11. The van der Waals surface area contributed by atoms with E-state index in [9.17, 15) is 0 Å². The highest BCUT2D eigenvalue weighted by atomic mass is 32.1. The van der Waals surface area contributed by atoms with Gasteiger partial charge in [0, 0.05) is 108 Å². The van der Waals surface area contributed by atoms with Gasteiger partial charge in [-0.05, 0) is 225 Å². The van der Waals surface area contributed by atoms with E-state index in [-0.39, 0.29) is 5.41 Å². The summed E-state index contributed by atoms with van der Waals surface area (Å²) >= 11 is 1.86. The number of nitrogens with zero attached hydrogens (tertiary/aromatic N) is 7. The van der Waals surface area contributed by atoms with E-state index in [2.05, 4.69) is 429 Å². The minimum atomic E-state index is -0.0969. The Morgan fingerprint density at radius 3 is 1.04 bits per heavy atom. The maximum atomic E-state index is 5.32. The van der Waals surface area contributed by atoms with Gasteiger partial charge in [0.2, 0.25) is 0 Å². The normalized spacial score (nSPS) is 12.4. The topological polar surface area (TPSA) is 66.3 Å². The van der Waals surface area contributed by atoms with Crippen molar-refractivity contribution in [3.8, 4) is 118 Å². The number of fused-ring (bicyclic) bond motifs is 17. The van der Waals surface area contributed by atoms with Crippen molar-refractivity contribution in [1.82, 2.24) is 33.6 Å². The molecule has 0 bridgehead atoms. The third-order valence-electron chi connectivity index (χ3n) is 25.7. The van der Waals surface area contributed by atoms with Crippen molar-refractivity contribution < 1.29 is 0 Å². The molecule has 18 aromatic carbocycles. The van der Waals surface area contributed by atoms with E-state index in [0.717, 1.165) is 72.6 Å². The average molecular weight is 1600 g/mol. The van der Waals surface area contributed by atoms with Crippen LogP contribution < -0.4 is 0 Å². The second-order valence-corrected chi connectivity index (χ2v) is 34.4. The summed E-state index contributed by atoms with van der Waals surface area (Å²) in [4.78, 5) is 20.6. The van der Waals surface area contributed by atoms with Crippen molar-refractivity contribution in [2.24, 2.45) is 0 Å². The minimum absolute atomic E-state index is 0.0969. The fourth-order valence-corrected chi connectivity index (χ4v) is 20.5. The van der Waals surface area contributed by atoms with Gasteiger partial charge in [0.05, 0.1) is 55.5 Å². The Labute approximate surface area is 720 Å². The highest BCUT2D eigenvalue weighted by Gasteiger charge is 2.36. The number of hydrogen-bond acceptors (Lipinski definition) is 5. The number of aromatic nitrogens is 7. The summed E-state index contributed by atoms with van der Waals surface area (Å²) in [6.07, 6.45) is 0. The van der Waals surface area contributed by atoms with E-state index >= 15 is 0 Å². The summed E-state index contributed by atoms with van der Waals surface area (Å²) in [7, 11) is 0. The lowest BCUT2D eigenvalue weighted by atomic mass is 9.82. The van der Waals surface area contributed by atoms with Gasteiger partial charge in [-0.25, -0.2) is 19.9 Å². The Morgan fingerprint density at radius 2 is 0.556 bits per heavy atom. The zero-order chi connectivity index (χ0) is 82.3. The average Bonchev–Trinajstić information content (AvgIpc) is 1.58. The second kappa shape index (κ2) is 29.0. The third-order valence-corrected chi connectivity index (χ3v) is 26.8. The van der Waals surface area contributed by atoms with Crippen LogP contribution in [0.5, 0.6) is 0 Å². The molecule has 0 spiro atoms. The Balaban J connectivity index is 0.000000139. The van der Waals surface area contributed by atoms with Crippen LogP contribution in [-0.4, -0.2) is 33.6 Å². The predicted octanol–water partition coefficient (Wildman–Crippen LogP) is 30.9. The second-order valence-electron chi connectivity index (χ2n) is 33.3. The zero-order valence-electron chi connectivity index (χ0n) is 68.3. The maximum Gasteiger partial charge on any atom is 0.160 e. The van der Waals surface area contributed by atoms with Crippen LogP contribution in [0, 0.1) is 6.92 Å². The summed E-state index contributed by atoms with van der Waals surface area (Å²) < 4.78 is 9.78. The molecule has 0 amide bonds. The van der Waals surface area contributed by atoms with Gasteiger partial charge in [-0.1, -0.05) is 280 Å². The SMILES string of the molecule is CC1(C)c2ccccc2-c2ccc(-c3nc(-c4ccc(-n5c6ccccc6c6cc(-c7ccc(-c8ccc9sc%10ccccc%10c9c8)cc7)ccc65)cc4)nc4ccccc34)cc21.Cc1ccc(-n2c3ccccc3c3cc(-c4ccc(-c5ccc6c(c5)c5ccccc5n6-c5ccc(-c6nc(-c7ccccc7)c7ccccc7n6)cc5)cc4)ccc32)cc1. The molecule has 24 aromatic rings. The van der Waals surface area contributed by atoms with Crippen molar-refractivity contribution in [2.75, 3.05) is 0 Å². The van der Waals surface area contributed by atoms with Crippen LogP contribution in [0.3, 0.4) is 0 Å².